The van der Waals surface area contributed by atoms with E-state index >= 15 is 0 Å². The highest BCUT2D eigenvalue weighted by Crippen LogP contribution is 2.24. The molecular weight excluding hydrogens is 550 g/mol. The summed E-state index contributed by atoms with van der Waals surface area (Å²) in [5.74, 6) is -0.643. The number of nitrogens with one attached hydrogen (secondary N) is 1. The van der Waals surface area contributed by atoms with E-state index in [-0.39, 0.29) is 11.8 Å². The van der Waals surface area contributed by atoms with Gasteiger partial charge in [0.15, 0.2) is 0 Å². The first-order chi connectivity index (χ1) is 21.1. The molecule has 7 nitrogen and oxygen atoms in total. The Hall–Kier alpha value is -4.52. The number of aliphatic carboxylic acids is 1. The highest BCUT2D eigenvalue weighted by molar-refractivity contribution is 5.96. The van der Waals surface area contributed by atoms with Crippen molar-refractivity contribution in [3.63, 3.8) is 0 Å². The Morgan fingerprint density at radius 1 is 0.773 bits per heavy atom. The summed E-state index contributed by atoms with van der Waals surface area (Å²) < 4.78 is 5.86. The molecule has 230 valence electrons. The first kappa shape index (κ1) is 32.4. The third-order valence-corrected chi connectivity index (χ3v) is 7.64. The molecule has 0 aliphatic carbocycles. The summed E-state index contributed by atoms with van der Waals surface area (Å²) in [4.78, 5) is 24.7. The van der Waals surface area contributed by atoms with Gasteiger partial charge in [0.05, 0.1) is 18.0 Å². The molecule has 1 aromatic heterocycles. The summed E-state index contributed by atoms with van der Waals surface area (Å²) >= 11 is 0. The van der Waals surface area contributed by atoms with Crippen LogP contribution in [0.1, 0.15) is 81.3 Å². The Kier molecular flexibility index (Phi) is 11.2. The monoisotopic (exact) mass is 593 g/mol. The van der Waals surface area contributed by atoms with Gasteiger partial charge in [-0.15, -0.1) is 10.2 Å². The van der Waals surface area contributed by atoms with Crippen molar-refractivity contribution >= 4 is 11.9 Å². The van der Waals surface area contributed by atoms with Gasteiger partial charge in [-0.25, -0.2) is 4.79 Å². The summed E-state index contributed by atoms with van der Waals surface area (Å²) in [6.07, 6.45) is 6.21. The Labute approximate surface area is 260 Å². The van der Waals surface area contributed by atoms with Gasteiger partial charge in [-0.1, -0.05) is 89.8 Å². The van der Waals surface area contributed by atoms with Crippen molar-refractivity contribution in [3.05, 3.63) is 102 Å². The molecule has 1 amide bonds. The van der Waals surface area contributed by atoms with E-state index in [0.717, 1.165) is 46.7 Å². The molecule has 0 saturated carbocycles. The topological polar surface area (TPSA) is 101 Å². The van der Waals surface area contributed by atoms with Crippen LogP contribution >= 0.6 is 0 Å². The van der Waals surface area contributed by atoms with Gasteiger partial charge in [0, 0.05) is 23.1 Å². The van der Waals surface area contributed by atoms with Gasteiger partial charge in [0.1, 0.15) is 11.8 Å². The summed E-state index contributed by atoms with van der Waals surface area (Å²) in [5, 5.41) is 21.3. The number of ether oxygens (including phenoxy) is 1. The average molecular weight is 594 g/mol. The average Bonchev–Trinajstić information content (AvgIpc) is 3.03. The largest absolute Gasteiger partial charge is 0.494 e. The molecule has 44 heavy (non-hydrogen) atoms. The maximum absolute atomic E-state index is 12.8. The number of aromatic nitrogens is 2. The molecule has 4 rings (SSSR count). The fourth-order valence-electron chi connectivity index (χ4n) is 4.87. The van der Waals surface area contributed by atoms with Crippen LogP contribution < -0.4 is 10.1 Å². The lowest BCUT2D eigenvalue weighted by Gasteiger charge is -2.19. The first-order valence-electron chi connectivity index (χ1n) is 15.4. The second kappa shape index (κ2) is 15.3. The van der Waals surface area contributed by atoms with Gasteiger partial charge < -0.3 is 15.2 Å². The normalized spacial score (nSPS) is 12.0. The second-order valence-corrected chi connectivity index (χ2v) is 12.2. The molecule has 0 bridgehead atoms. The third-order valence-electron chi connectivity index (χ3n) is 7.64. The first-order valence-corrected chi connectivity index (χ1v) is 15.4. The minimum atomic E-state index is -1.09. The van der Waals surface area contributed by atoms with E-state index in [9.17, 15) is 14.7 Å². The maximum atomic E-state index is 12.8. The molecule has 1 heterocycles. The molecule has 2 N–H and O–H groups in total. The van der Waals surface area contributed by atoms with Gasteiger partial charge in [-0.3, -0.25) is 4.79 Å². The van der Waals surface area contributed by atoms with Crippen LogP contribution in [0, 0.1) is 0 Å². The Balaban J connectivity index is 1.32. The number of carbonyl (C=O) groups excluding carboxylic acids is 1. The zero-order valence-electron chi connectivity index (χ0n) is 26.2. The third kappa shape index (κ3) is 9.24. The number of carbonyl (C=O) groups is 2. The van der Waals surface area contributed by atoms with Crippen LogP contribution in [-0.2, 0) is 16.6 Å². The summed E-state index contributed by atoms with van der Waals surface area (Å²) in [5.41, 5.74) is 5.59. The predicted octanol–water partition coefficient (Wildman–Crippen LogP) is 7.88. The van der Waals surface area contributed by atoms with Crippen LogP contribution in [0.25, 0.3) is 22.5 Å². The minimum Gasteiger partial charge on any atom is -0.494 e. The number of hydrogen-bond donors (Lipinski definition) is 2. The Bertz CT molecular complexity index is 1490. The molecule has 1 atom stereocenters. The number of nitrogens with zero attached hydrogens (tertiary/aromatic N) is 2. The SMILES string of the molecule is CCCCCCCOc1ccc(-c2ccc(-c3ccc(CC(NC(=O)c4ccc(C(C)(C)C)cc4)C(=O)O)cc3)nn2)cc1. The van der Waals surface area contributed by atoms with Crippen LogP contribution in [-0.4, -0.2) is 39.8 Å². The summed E-state index contributed by atoms with van der Waals surface area (Å²) in [6, 6.07) is 25.5. The predicted molar refractivity (Wildman–Crippen MR) is 175 cm³/mol. The molecule has 0 saturated heterocycles. The molecule has 0 radical (unpaired) electrons. The van der Waals surface area contributed by atoms with Crippen LogP contribution in [0.15, 0.2) is 84.9 Å². The van der Waals surface area contributed by atoms with Gasteiger partial charge in [0.25, 0.3) is 5.91 Å². The Morgan fingerprint density at radius 2 is 1.34 bits per heavy atom. The zero-order valence-corrected chi connectivity index (χ0v) is 26.2. The van der Waals surface area contributed by atoms with Crippen molar-refractivity contribution in [2.45, 2.75) is 77.7 Å². The highest BCUT2D eigenvalue weighted by atomic mass is 16.5. The van der Waals surface area contributed by atoms with E-state index in [2.05, 4.69) is 43.2 Å². The van der Waals surface area contributed by atoms with Gasteiger partial charge >= 0.3 is 5.97 Å². The standard InChI is InChI=1S/C37H43N3O4/c1-5-6-7-8-9-24-44-31-20-16-28(17-21-31)33-23-22-32(39-40-33)27-12-10-26(11-13-27)25-34(36(42)43)38-35(41)29-14-18-30(19-15-29)37(2,3)4/h10-23,34H,5-9,24-25H2,1-4H3,(H,38,41)(H,42,43). The van der Waals surface area contributed by atoms with Crippen molar-refractivity contribution in [1.29, 1.82) is 0 Å². The van der Waals surface area contributed by atoms with Gasteiger partial charge in [0.2, 0.25) is 0 Å². The van der Waals surface area contributed by atoms with Crippen molar-refractivity contribution in [2.75, 3.05) is 6.61 Å². The molecular formula is C37H43N3O4. The van der Waals surface area contributed by atoms with Crippen molar-refractivity contribution < 1.29 is 19.4 Å². The highest BCUT2D eigenvalue weighted by Gasteiger charge is 2.22. The lowest BCUT2D eigenvalue weighted by atomic mass is 9.86. The lowest BCUT2D eigenvalue weighted by molar-refractivity contribution is -0.139. The number of carboxylic acids is 1. The fraction of sp³-hybridized carbons (Fsp3) is 0.351. The number of hydrogen-bond acceptors (Lipinski definition) is 5. The smallest absolute Gasteiger partial charge is 0.326 e. The Morgan fingerprint density at radius 3 is 1.86 bits per heavy atom. The molecule has 7 heteroatoms. The second-order valence-electron chi connectivity index (χ2n) is 12.2. The van der Waals surface area contributed by atoms with Gasteiger partial charge in [-0.05, 0) is 71.5 Å². The van der Waals surface area contributed by atoms with Gasteiger partial charge in [-0.2, -0.15) is 0 Å². The van der Waals surface area contributed by atoms with E-state index in [1.165, 1.54) is 25.7 Å². The number of unbranched alkanes of at least 4 members (excludes halogenated alkanes) is 4. The molecule has 0 fully saturated rings. The molecule has 1 unspecified atom stereocenters. The molecule has 0 aliphatic rings. The molecule has 3 aromatic carbocycles. The van der Waals surface area contributed by atoms with E-state index in [1.807, 2.05) is 72.8 Å². The van der Waals surface area contributed by atoms with Crippen LogP contribution in [0.3, 0.4) is 0 Å². The van der Waals surface area contributed by atoms with E-state index < -0.39 is 17.9 Å². The van der Waals surface area contributed by atoms with E-state index in [0.29, 0.717) is 11.3 Å². The van der Waals surface area contributed by atoms with Crippen LogP contribution in [0.2, 0.25) is 0 Å². The van der Waals surface area contributed by atoms with Crippen LogP contribution in [0.5, 0.6) is 5.75 Å². The van der Waals surface area contributed by atoms with E-state index in [4.69, 9.17) is 4.74 Å². The van der Waals surface area contributed by atoms with Crippen molar-refractivity contribution in [1.82, 2.24) is 15.5 Å². The van der Waals surface area contributed by atoms with E-state index in [1.54, 1.807) is 12.1 Å². The van der Waals surface area contributed by atoms with Crippen molar-refractivity contribution in [2.24, 2.45) is 0 Å². The molecule has 0 spiro atoms. The van der Waals surface area contributed by atoms with Crippen molar-refractivity contribution in [3.8, 4) is 28.3 Å². The maximum Gasteiger partial charge on any atom is 0.326 e. The lowest BCUT2D eigenvalue weighted by Crippen LogP contribution is -2.42. The summed E-state index contributed by atoms with van der Waals surface area (Å²) in [6.45, 7) is 9.24. The summed E-state index contributed by atoms with van der Waals surface area (Å²) in [7, 11) is 0. The number of carboxylic acid groups (broad SMARTS) is 1. The molecule has 4 aromatic rings. The fourth-order valence-corrected chi connectivity index (χ4v) is 4.87. The number of benzene rings is 3. The van der Waals surface area contributed by atoms with Crippen LogP contribution in [0.4, 0.5) is 0 Å². The minimum absolute atomic E-state index is 0.0346. The zero-order chi connectivity index (χ0) is 31.5. The number of rotatable bonds is 14. The quantitative estimate of drug-likeness (QED) is 0.144. The number of amides is 1. The molecule has 0 aliphatic heterocycles.